The van der Waals surface area contributed by atoms with E-state index in [1.807, 2.05) is 4.90 Å². The Morgan fingerprint density at radius 3 is 2.22 bits per heavy atom. The van der Waals surface area contributed by atoms with Gasteiger partial charge in [0.05, 0.1) is 4.92 Å². The fourth-order valence-electron chi connectivity index (χ4n) is 3.92. The van der Waals surface area contributed by atoms with Gasteiger partial charge in [-0.2, -0.15) is 0 Å². The number of non-ortho nitro benzene ring substituents is 1. The van der Waals surface area contributed by atoms with Crippen LogP contribution >= 0.6 is 12.4 Å². The number of amides is 2. The number of halogens is 1. The Balaban J connectivity index is 0.00000261. The molecule has 27 heavy (non-hydrogen) atoms. The zero-order valence-electron chi connectivity index (χ0n) is 15.1. The molecule has 1 aliphatic carbocycles. The SMILES string of the molecule is Cl.NC[C@H]1CCC[C@H]1C(=O)N1CCN(C(=O)c2ccc([N+](=O)[O-])cc2)CC1. The minimum absolute atomic E-state index is 0. The van der Waals surface area contributed by atoms with E-state index in [0.717, 1.165) is 19.3 Å². The van der Waals surface area contributed by atoms with Gasteiger partial charge >= 0.3 is 0 Å². The molecule has 0 spiro atoms. The first-order valence-electron chi connectivity index (χ1n) is 9.04. The van der Waals surface area contributed by atoms with Gasteiger partial charge in [-0.15, -0.1) is 12.4 Å². The lowest BCUT2D eigenvalue weighted by atomic mass is 9.94. The zero-order chi connectivity index (χ0) is 18.7. The van der Waals surface area contributed by atoms with Crippen LogP contribution in [0.25, 0.3) is 0 Å². The summed E-state index contributed by atoms with van der Waals surface area (Å²) in [6, 6.07) is 5.62. The average molecular weight is 397 g/mol. The van der Waals surface area contributed by atoms with Gasteiger partial charge in [0.15, 0.2) is 0 Å². The molecule has 3 rings (SSSR count). The summed E-state index contributed by atoms with van der Waals surface area (Å²) in [7, 11) is 0. The standard InChI is InChI=1S/C18H24N4O4.ClH/c19-12-14-2-1-3-16(14)18(24)21-10-8-20(9-11-21)17(23)13-4-6-15(7-5-13)22(25)26;/h4-7,14,16H,1-3,8-12,19H2;1H/t14-,16-;/m1./s1. The fraction of sp³-hybridized carbons (Fsp3) is 0.556. The van der Waals surface area contributed by atoms with Gasteiger partial charge in [-0.05, 0) is 37.4 Å². The highest BCUT2D eigenvalue weighted by molar-refractivity contribution is 5.94. The van der Waals surface area contributed by atoms with Crippen LogP contribution in [0.5, 0.6) is 0 Å². The largest absolute Gasteiger partial charge is 0.339 e. The number of nitrogens with zero attached hydrogens (tertiary/aromatic N) is 3. The van der Waals surface area contributed by atoms with E-state index < -0.39 is 4.92 Å². The van der Waals surface area contributed by atoms with Crippen LogP contribution in [0.15, 0.2) is 24.3 Å². The van der Waals surface area contributed by atoms with E-state index in [1.54, 1.807) is 4.90 Å². The molecule has 9 heteroatoms. The highest BCUT2D eigenvalue weighted by Gasteiger charge is 2.36. The van der Waals surface area contributed by atoms with E-state index in [2.05, 4.69) is 0 Å². The van der Waals surface area contributed by atoms with Gasteiger partial charge in [0.1, 0.15) is 0 Å². The minimum Gasteiger partial charge on any atom is -0.339 e. The number of rotatable bonds is 4. The number of hydrogen-bond donors (Lipinski definition) is 1. The molecule has 1 aromatic carbocycles. The van der Waals surface area contributed by atoms with Crippen LogP contribution in [0.1, 0.15) is 29.6 Å². The molecule has 148 valence electrons. The first kappa shape index (κ1) is 21.1. The number of nitrogens with two attached hydrogens (primary N) is 1. The Morgan fingerprint density at radius 2 is 1.67 bits per heavy atom. The molecule has 1 aliphatic heterocycles. The average Bonchev–Trinajstić information content (AvgIpc) is 3.16. The number of piperazine rings is 1. The highest BCUT2D eigenvalue weighted by atomic mass is 35.5. The first-order valence-corrected chi connectivity index (χ1v) is 9.04. The third kappa shape index (κ3) is 4.56. The molecular formula is C18H25ClN4O4. The number of hydrogen-bond acceptors (Lipinski definition) is 5. The van der Waals surface area contributed by atoms with Crippen LogP contribution in [0.4, 0.5) is 5.69 Å². The van der Waals surface area contributed by atoms with E-state index in [4.69, 9.17) is 5.73 Å². The van der Waals surface area contributed by atoms with Crippen molar-refractivity contribution in [3.05, 3.63) is 39.9 Å². The second-order valence-corrected chi connectivity index (χ2v) is 6.95. The van der Waals surface area contributed by atoms with Crippen molar-refractivity contribution in [2.75, 3.05) is 32.7 Å². The molecule has 0 aromatic heterocycles. The Kier molecular flexibility index (Phi) is 7.15. The molecule has 2 atom stereocenters. The molecule has 2 N–H and O–H groups in total. The third-order valence-corrected chi connectivity index (χ3v) is 5.48. The fourth-order valence-corrected chi connectivity index (χ4v) is 3.92. The van der Waals surface area contributed by atoms with Gasteiger partial charge in [0.2, 0.25) is 5.91 Å². The summed E-state index contributed by atoms with van der Waals surface area (Å²) in [5, 5.41) is 10.7. The normalized spacial score (nSPS) is 22.3. The van der Waals surface area contributed by atoms with Crippen LogP contribution in [0.3, 0.4) is 0 Å². The van der Waals surface area contributed by atoms with Crippen molar-refractivity contribution in [2.45, 2.75) is 19.3 Å². The number of carbonyl (C=O) groups is 2. The van der Waals surface area contributed by atoms with E-state index in [-0.39, 0.29) is 41.7 Å². The van der Waals surface area contributed by atoms with Gasteiger partial charge in [0.25, 0.3) is 11.6 Å². The van der Waals surface area contributed by atoms with E-state index >= 15 is 0 Å². The number of benzene rings is 1. The molecule has 8 nitrogen and oxygen atoms in total. The maximum absolute atomic E-state index is 12.7. The number of nitro groups is 1. The maximum Gasteiger partial charge on any atom is 0.269 e. The van der Waals surface area contributed by atoms with Crippen molar-refractivity contribution in [3.63, 3.8) is 0 Å². The lowest BCUT2D eigenvalue weighted by molar-refractivity contribution is -0.384. The molecule has 1 aromatic rings. The Bertz CT molecular complexity index is 689. The summed E-state index contributed by atoms with van der Waals surface area (Å²) < 4.78 is 0. The minimum atomic E-state index is -0.490. The van der Waals surface area contributed by atoms with Gasteiger partial charge in [0, 0.05) is 49.8 Å². The zero-order valence-corrected chi connectivity index (χ0v) is 15.9. The van der Waals surface area contributed by atoms with Crippen LogP contribution in [-0.4, -0.2) is 59.3 Å². The van der Waals surface area contributed by atoms with Gasteiger partial charge in [-0.1, -0.05) is 6.42 Å². The summed E-state index contributed by atoms with van der Waals surface area (Å²) in [4.78, 5) is 39.0. The molecule has 2 amide bonds. The Morgan fingerprint density at radius 1 is 1.07 bits per heavy atom. The Hall–Kier alpha value is -2.19. The van der Waals surface area contributed by atoms with Crippen molar-refractivity contribution >= 4 is 29.9 Å². The predicted octanol–water partition coefficient (Wildman–Crippen LogP) is 1.68. The quantitative estimate of drug-likeness (QED) is 0.615. The second-order valence-electron chi connectivity index (χ2n) is 6.95. The molecule has 1 heterocycles. The van der Waals surface area contributed by atoms with E-state index in [0.29, 0.717) is 38.3 Å². The third-order valence-electron chi connectivity index (χ3n) is 5.48. The first-order chi connectivity index (χ1) is 12.5. The molecule has 2 aliphatic rings. The van der Waals surface area contributed by atoms with Gasteiger partial charge < -0.3 is 15.5 Å². The molecule has 0 radical (unpaired) electrons. The summed E-state index contributed by atoms with van der Waals surface area (Å²) in [6.07, 6.45) is 2.98. The second kappa shape index (κ2) is 9.14. The molecule has 0 unspecified atom stereocenters. The van der Waals surface area contributed by atoms with Crippen molar-refractivity contribution in [2.24, 2.45) is 17.6 Å². The van der Waals surface area contributed by atoms with Crippen molar-refractivity contribution < 1.29 is 14.5 Å². The van der Waals surface area contributed by atoms with Gasteiger partial charge in [-0.3, -0.25) is 19.7 Å². The molecule has 0 bridgehead atoms. The van der Waals surface area contributed by atoms with Crippen molar-refractivity contribution in [1.29, 1.82) is 0 Å². The molecular weight excluding hydrogens is 372 g/mol. The predicted molar refractivity (Wildman–Crippen MR) is 103 cm³/mol. The Labute approximate surface area is 164 Å². The molecule has 1 saturated carbocycles. The smallest absolute Gasteiger partial charge is 0.269 e. The van der Waals surface area contributed by atoms with Crippen molar-refractivity contribution in [3.8, 4) is 0 Å². The summed E-state index contributed by atoms with van der Waals surface area (Å²) in [5.74, 6) is 0.312. The van der Waals surface area contributed by atoms with Crippen LogP contribution in [0, 0.1) is 22.0 Å². The van der Waals surface area contributed by atoms with E-state index in [1.165, 1.54) is 24.3 Å². The van der Waals surface area contributed by atoms with Gasteiger partial charge in [-0.25, -0.2) is 0 Å². The number of carbonyl (C=O) groups excluding carboxylic acids is 2. The lowest BCUT2D eigenvalue weighted by Gasteiger charge is -2.36. The topological polar surface area (TPSA) is 110 Å². The number of nitro benzene ring substituents is 1. The van der Waals surface area contributed by atoms with Crippen LogP contribution < -0.4 is 5.73 Å². The summed E-state index contributed by atoms with van der Waals surface area (Å²) in [6.45, 7) is 2.54. The lowest BCUT2D eigenvalue weighted by Crippen LogP contribution is -2.52. The summed E-state index contributed by atoms with van der Waals surface area (Å²) in [5.41, 5.74) is 6.17. The summed E-state index contributed by atoms with van der Waals surface area (Å²) >= 11 is 0. The van der Waals surface area contributed by atoms with Crippen LogP contribution in [-0.2, 0) is 4.79 Å². The monoisotopic (exact) mass is 396 g/mol. The molecule has 1 saturated heterocycles. The molecule has 2 fully saturated rings. The van der Waals surface area contributed by atoms with Crippen LogP contribution in [0.2, 0.25) is 0 Å². The van der Waals surface area contributed by atoms with Crippen molar-refractivity contribution in [1.82, 2.24) is 9.80 Å². The maximum atomic E-state index is 12.7. The van der Waals surface area contributed by atoms with E-state index in [9.17, 15) is 19.7 Å². The highest BCUT2D eigenvalue weighted by Crippen LogP contribution is 2.32.